The van der Waals surface area contributed by atoms with Gasteiger partial charge in [0.15, 0.2) is 0 Å². The average molecular weight is 570 g/mol. The van der Waals surface area contributed by atoms with Crippen molar-refractivity contribution in [1.82, 2.24) is 24.1 Å². The number of alkyl halides is 3. The number of sulfonamides is 1. The van der Waals surface area contributed by atoms with Crippen LogP contribution in [0.25, 0.3) is 10.6 Å². The zero-order valence-corrected chi connectivity index (χ0v) is 22.5. The van der Waals surface area contributed by atoms with Crippen molar-refractivity contribution >= 4 is 27.3 Å². The van der Waals surface area contributed by atoms with Crippen molar-refractivity contribution in [3.63, 3.8) is 0 Å². The third kappa shape index (κ3) is 6.15. The minimum Gasteiger partial charge on any atom is -0.390 e. The Hall–Kier alpha value is -3.06. The number of nitrogens with zero attached hydrogens (tertiary/aromatic N) is 6. The molecule has 0 atom stereocenters. The van der Waals surface area contributed by atoms with Gasteiger partial charge in [0.1, 0.15) is 16.5 Å². The highest BCUT2D eigenvalue weighted by molar-refractivity contribution is 7.89. The Labute approximate surface area is 221 Å². The van der Waals surface area contributed by atoms with Crippen molar-refractivity contribution in [3.8, 4) is 16.6 Å². The van der Waals surface area contributed by atoms with Gasteiger partial charge < -0.3 is 10.4 Å². The molecular weight excluding hydrogens is 543 g/mol. The first-order valence-corrected chi connectivity index (χ1v) is 13.9. The highest BCUT2D eigenvalue weighted by Gasteiger charge is 2.37. The Morgan fingerprint density at radius 2 is 1.95 bits per heavy atom. The van der Waals surface area contributed by atoms with Crippen LogP contribution in [0, 0.1) is 11.3 Å². The number of piperidine rings is 1. The lowest BCUT2D eigenvalue weighted by molar-refractivity contribution is -0.137. The number of aromatic nitrogens is 4. The lowest BCUT2D eigenvalue weighted by atomic mass is 10.0. The van der Waals surface area contributed by atoms with Gasteiger partial charge in [-0.05, 0) is 32.8 Å². The summed E-state index contributed by atoms with van der Waals surface area (Å²) in [4.78, 5) is 8.72. The van der Waals surface area contributed by atoms with Gasteiger partial charge in [-0.1, -0.05) is 0 Å². The van der Waals surface area contributed by atoms with Crippen LogP contribution in [0.15, 0.2) is 29.6 Å². The molecule has 204 valence electrons. The van der Waals surface area contributed by atoms with Gasteiger partial charge in [-0.2, -0.15) is 27.8 Å². The van der Waals surface area contributed by atoms with E-state index in [1.54, 1.807) is 20.9 Å². The number of nitrogens with one attached hydrogen (secondary N) is 1. The molecule has 0 saturated carbocycles. The van der Waals surface area contributed by atoms with Gasteiger partial charge >= 0.3 is 6.18 Å². The van der Waals surface area contributed by atoms with E-state index >= 15 is 0 Å². The summed E-state index contributed by atoms with van der Waals surface area (Å²) in [7, 11) is -2.07. The molecule has 15 heteroatoms. The van der Waals surface area contributed by atoms with Gasteiger partial charge in [-0.15, -0.1) is 11.3 Å². The van der Waals surface area contributed by atoms with Crippen LogP contribution in [0.5, 0.6) is 0 Å². The van der Waals surface area contributed by atoms with Gasteiger partial charge in [0.05, 0.1) is 27.9 Å². The summed E-state index contributed by atoms with van der Waals surface area (Å²) in [5, 5.41) is 26.6. The van der Waals surface area contributed by atoms with Gasteiger partial charge in [-0.3, -0.25) is 4.68 Å². The molecule has 0 unspecified atom stereocenters. The maximum atomic E-state index is 13.8. The van der Waals surface area contributed by atoms with Gasteiger partial charge in [0.2, 0.25) is 16.0 Å². The van der Waals surface area contributed by atoms with Gasteiger partial charge in [0, 0.05) is 49.9 Å². The van der Waals surface area contributed by atoms with Crippen LogP contribution in [-0.2, 0) is 29.7 Å². The van der Waals surface area contributed by atoms with Crippen LogP contribution in [-0.4, -0.2) is 62.3 Å². The highest BCUT2D eigenvalue weighted by atomic mass is 32.2. The number of aryl methyl sites for hydroxylation is 1. The smallest absolute Gasteiger partial charge is 0.390 e. The third-order valence-corrected chi connectivity index (χ3v) is 8.95. The topological polar surface area (TPSA) is 137 Å². The molecule has 4 heterocycles. The summed E-state index contributed by atoms with van der Waals surface area (Å²) >= 11 is 0.971. The summed E-state index contributed by atoms with van der Waals surface area (Å²) < 4.78 is 69.8. The summed E-state index contributed by atoms with van der Waals surface area (Å²) in [6, 6.07) is 3.06. The van der Waals surface area contributed by atoms with E-state index in [1.165, 1.54) is 27.4 Å². The fourth-order valence-electron chi connectivity index (χ4n) is 4.12. The van der Waals surface area contributed by atoms with E-state index in [9.17, 15) is 32.0 Å². The lowest BCUT2D eigenvalue weighted by Gasteiger charge is -2.31. The Balaban J connectivity index is 1.55. The molecule has 0 bridgehead atoms. The first kappa shape index (κ1) is 28.0. The molecule has 4 rings (SSSR count). The van der Waals surface area contributed by atoms with Crippen LogP contribution >= 0.6 is 11.3 Å². The number of rotatable bonds is 7. The van der Waals surface area contributed by atoms with E-state index in [1.807, 2.05) is 6.07 Å². The SMILES string of the molecule is Cn1cc(S(=O)(=O)N2CCC(Nc3ncc(C(F)(F)F)c(-c4cc(C#N)c(CC(C)(C)O)s4)n3)CC2)cn1. The van der Waals surface area contributed by atoms with Crippen molar-refractivity contribution in [2.45, 2.75) is 55.8 Å². The molecule has 38 heavy (non-hydrogen) atoms. The Kier molecular flexibility index (Phi) is 7.54. The molecule has 1 aliphatic heterocycles. The molecular formula is C23H26F3N7O3S2. The van der Waals surface area contributed by atoms with Crippen LogP contribution in [0.4, 0.5) is 19.1 Å². The summed E-state index contributed by atoms with van der Waals surface area (Å²) in [6.07, 6.45) is -0.433. The molecule has 0 aliphatic carbocycles. The van der Waals surface area contributed by atoms with E-state index in [4.69, 9.17) is 0 Å². The molecule has 3 aromatic rings. The second kappa shape index (κ2) is 10.3. The van der Waals surface area contributed by atoms with Gasteiger partial charge in [-0.25, -0.2) is 18.4 Å². The molecule has 0 radical (unpaired) electrons. The maximum Gasteiger partial charge on any atom is 0.420 e. The molecule has 0 aromatic carbocycles. The number of aliphatic hydroxyl groups is 1. The molecule has 1 saturated heterocycles. The minimum absolute atomic E-state index is 0.0301. The first-order valence-electron chi connectivity index (χ1n) is 11.6. The van der Waals surface area contributed by atoms with Crippen LogP contribution in [0.3, 0.4) is 0 Å². The summed E-state index contributed by atoms with van der Waals surface area (Å²) in [6.45, 7) is 3.52. The first-order chi connectivity index (χ1) is 17.7. The molecule has 2 N–H and O–H groups in total. The predicted octanol–water partition coefficient (Wildman–Crippen LogP) is 3.41. The quantitative estimate of drug-likeness (QED) is 0.442. The Morgan fingerprint density at radius 3 is 2.50 bits per heavy atom. The van der Waals surface area contributed by atoms with E-state index < -0.39 is 27.4 Å². The zero-order chi connectivity index (χ0) is 27.9. The number of anilines is 1. The average Bonchev–Trinajstić information content (AvgIpc) is 3.44. The van der Waals surface area contributed by atoms with Crippen molar-refractivity contribution < 1.29 is 26.7 Å². The third-order valence-electron chi connectivity index (χ3n) is 5.96. The van der Waals surface area contributed by atoms with Crippen molar-refractivity contribution in [2.75, 3.05) is 18.4 Å². The predicted molar refractivity (Wildman–Crippen MR) is 134 cm³/mol. The monoisotopic (exact) mass is 569 g/mol. The molecule has 3 aromatic heterocycles. The van der Waals surface area contributed by atoms with Crippen molar-refractivity contribution in [1.29, 1.82) is 5.26 Å². The lowest BCUT2D eigenvalue weighted by Crippen LogP contribution is -2.42. The molecule has 1 aliphatic rings. The van der Waals surface area contributed by atoms with E-state index in [0.29, 0.717) is 23.9 Å². The van der Waals surface area contributed by atoms with Crippen molar-refractivity contribution in [3.05, 3.63) is 40.7 Å². The van der Waals surface area contributed by atoms with Gasteiger partial charge in [0.25, 0.3) is 0 Å². The number of halogens is 3. The largest absolute Gasteiger partial charge is 0.420 e. The second-order valence-corrected chi connectivity index (χ2v) is 12.7. The zero-order valence-electron chi connectivity index (χ0n) is 20.8. The number of thiophene rings is 1. The van der Waals surface area contributed by atoms with E-state index in [-0.39, 0.29) is 52.5 Å². The number of hydrogen-bond donors (Lipinski definition) is 2. The number of nitriles is 1. The van der Waals surface area contributed by atoms with Crippen LogP contribution in [0.1, 0.15) is 42.7 Å². The second-order valence-electron chi connectivity index (χ2n) is 9.67. The van der Waals surface area contributed by atoms with E-state index in [0.717, 1.165) is 11.3 Å². The maximum absolute atomic E-state index is 13.8. The van der Waals surface area contributed by atoms with Crippen LogP contribution < -0.4 is 5.32 Å². The molecule has 0 spiro atoms. The normalized spacial score (nSPS) is 15.9. The standard InChI is InChI=1S/C23H26F3N7O3S2/c1-22(2,34)9-19-14(10-27)8-18(37-19)20-17(23(24,25)26)12-28-21(31-20)30-15-4-6-33(7-5-15)38(35,36)16-11-29-32(3)13-16/h8,11-13,15,34H,4-7,9H2,1-3H3,(H,28,30,31). The van der Waals surface area contributed by atoms with E-state index in [2.05, 4.69) is 20.4 Å². The molecule has 0 amide bonds. The summed E-state index contributed by atoms with van der Waals surface area (Å²) in [5.41, 5.74) is -2.38. The fourth-order valence-corrected chi connectivity index (χ4v) is 6.91. The minimum atomic E-state index is -4.73. The molecule has 10 nitrogen and oxygen atoms in total. The Bertz CT molecular complexity index is 1460. The highest BCUT2D eigenvalue weighted by Crippen LogP contribution is 2.40. The van der Waals surface area contributed by atoms with Crippen LogP contribution in [0.2, 0.25) is 0 Å². The number of hydrogen-bond acceptors (Lipinski definition) is 9. The molecule has 1 fully saturated rings. The summed E-state index contributed by atoms with van der Waals surface area (Å²) in [5.74, 6) is -0.0301. The van der Waals surface area contributed by atoms with Crippen molar-refractivity contribution in [2.24, 2.45) is 7.05 Å². The Morgan fingerprint density at radius 1 is 1.26 bits per heavy atom. The fraction of sp³-hybridized carbons (Fsp3) is 0.478.